The molecule has 24 heavy (non-hydrogen) atoms. The zero-order valence-corrected chi connectivity index (χ0v) is 14.1. The highest BCUT2D eigenvalue weighted by atomic mass is 16.2. The second-order valence-corrected chi connectivity index (χ2v) is 6.32. The third kappa shape index (κ3) is 4.19. The molecule has 124 valence electrons. The summed E-state index contributed by atoms with van der Waals surface area (Å²) in [6.45, 7) is 4.18. The summed E-state index contributed by atoms with van der Waals surface area (Å²) < 4.78 is 0. The second kappa shape index (κ2) is 7.25. The molecule has 0 saturated carbocycles. The molecule has 0 radical (unpaired) electrons. The van der Waals surface area contributed by atoms with Crippen LogP contribution in [-0.2, 0) is 0 Å². The molecule has 0 aromatic heterocycles. The number of amides is 1. The summed E-state index contributed by atoms with van der Waals surface area (Å²) in [5.74, 6) is -0.201. The average Bonchev–Trinajstić information content (AvgIpc) is 3.19. The van der Waals surface area contributed by atoms with Crippen molar-refractivity contribution in [3.8, 4) is 0 Å². The monoisotopic (exact) mass is 322 g/mol. The van der Waals surface area contributed by atoms with E-state index in [-0.39, 0.29) is 5.91 Å². The van der Waals surface area contributed by atoms with Crippen molar-refractivity contribution in [1.29, 1.82) is 0 Å². The molecule has 0 saturated heterocycles. The molecule has 2 N–H and O–H groups in total. The second-order valence-electron chi connectivity index (χ2n) is 6.32. The number of nitrogens with one attached hydrogen (secondary N) is 2. The number of anilines is 1. The largest absolute Gasteiger partial charge is 0.278 e. The van der Waals surface area contributed by atoms with Crippen LogP contribution in [0.15, 0.2) is 57.8 Å². The number of carbonyl (C=O) groups is 1. The highest BCUT2D eigenvalue weighted by Crippen LogP contribution is 2.16. The summed E-state index contributed by atoms with van der Waals surface area (Å²) in [6, 6.07) is 7.22. The molecule has 1 amide bonds. The summed E-state index contributed by atoms with van der Waals surface area (Å²) in [4.78, 5) is 12.1. The Kier molecular flexibility index (Phi) is 4.89. The third-order valence-electron chi connectivity index (χ3n) is 4.15. The van der Waals surface area contributed by atoms with Crippen LogP contribution in [0, 0.1) is 0 Å². The quantitative estimate of drug-likeness (QED) is 0.822. The van der Waals surface area contributed by atoms with E-state index in [1.54, 1.807) is 12.1 Å². The number of hydrogen-bond acceptors (Lipinski definition) is 4. The smallest absolute Gasteiger partial charge is 0.271 e. The Morgan fingerprint density at radius 2 is 1.46 bits per heavy atom. The summed E-state index contributed by atoms with van der Waals surface area (Å²) in [6.07, 6.45) is 8.10. The van der Waals surface area contributed by atoms with Gasteiger partial charge in [0.25, 0.3) is 5.91 Å². The van der Waals surface area contributed by atoms with Crippen molar-refractivity contribution in [1.82, 2.24) is 5.43 Å². The van der Waals surface area contributed by atoms with Crippen LogP contribution in [0.25, 0.3) is 0 Å². The lowest BCUT2D eigenvalue weighted by atomic mass is 10.2. The van der Waals surface area contributed by atoms with E-state index in [2.05, 4.69) is 41.0 Å². The van der Waals surface area contributed by atoms with Crippen molar-refractivity contribution in [2.45, 2.75) is 39.5 Å². The van der Waals surface area contributed by atoms with Crippen LogP contribution in [0.1, 0.15) is 49.9 Å². The first-order chi connectivity index (χ1) is 11.6. The van der Waals surface area contributed by atoms with Gasteiger partial charge < -0.3 is 0 Å². The highest BCUT2D eigenvalue weighted by Gasteiger charge is 2.09. The fraction of sp³-hybridized carbons (Fsp3) is 0.316. The molecular formula is C19H22N4O. The summed E-state index contributed by atoms with van der Waals surface area (Å²) >= 11 is 0. The van der Waals surface area contributed by atoms with Gasteiger partial charge in [-0.25, -0.2) is 5.43 Å². The first kappa shape index (κ1) is 16.2. The Labute approximate surface area is 142 Å². The highest BCUT2D eigenvalue weighted by molar-refractivity contribution is 6.00. The van der Waals surface area contributed by atoms with Gasteiger partial charge in [-0.2, -0.15) is 10.2 Å². The van der Waals surface area contributed by atoms with Crippen molar-refractivity contribution < 1.29 is 4.79 Å². The summed E-state index contributed by atoms with van der Waals surface area (Å²) in [7, 11) is 0. The van der Waals surface area contributed by atoms with Crippen molar-refractivity contribution in [2.75, 3.05) is 5.43 Å². The van der Waals surface area contributed by atoms with Gasteiger partial charge in [-0.3, -0.25) is 10.2 Å². The zero-order valence-electron chi connectivity index (χ0n) is 14.1. The Balaban J connectivity index is 1.57. The fourth-order valence-electron chi connectivity index (χ4n) is 2.70. The Morgan fingerprint density at radius 3 is 2.00 bits per heavy atom. The van der Waals surface area contributed by atoms with Gasteiger partial charge in [-0.05, 0) is 75.9 Å². The maximum atomic E-state index is 12.1. The maximum Gasteiger partial charge on any atom is 0.271 e. The van der Waals surface area contributed by atoms with Gasteiger partial charge in [0.05, 0.1) is 17.1 Å². The molecule has 2 aliphatic rings. The lowest BCUT2D eigenvalue weighted by Gasteiger charge is -2.04. The zero-order chi connectivity index (χ0) is 16.9. The van der Waals surface area contributed by atoms with Gasteiger partial charge in [0.15, 0.2) is 0 Å². The lowest BCUT2D eigenvalue weighted by Crippen LogP contribution is -2.18. The van der Waals surface area contributed by atoms with E-state index in [0.29, 0.717) is 5.56 Å². The van der Waals surface area contributed by atoms with Gasteiger partial charge in [0.1, 0.15) is 0 Å². The molecule has 0 heterocycles. The minimum Gasteiger partial charge on any atom is -0.278 e. The molecule has 5 nitrogen and oxygen atoms in total. The van der Waals surface area contributed by atoms with Gasteiger partial charge in [-0.15, -0.1) is 0 Å². The minimum atomic E-state index is -0.201. The van der Waals surface area contributed by atoms with Crippen LogP contribution < -0.4 is 10.9 Å². The average molecular weight is 322 g/mol. The van der Waals surface area contributed by atoms with Gasteiger partial charge in [-0.1, -0.05) is 11.1 Å². The molecule has 5 heteroatoms. The van der Waals surface area contributed by atoms with Crippen molar-refractivity contribution in [2.24, 2.45) is 10.2 Å². The Hall–Kier alpha value is -2.69. The molecule has 0 aliphatic heterocycles. The van der Waals surface area contributed by atoms with Crippen LogP contribution in [0.4, 0.5) is 5.69 Å². The Bertz CT molecular complexity index is 754. The van der Waals surface area contributed by atoms with E-state index >= 15 is 0 Å². The van der Waals surface area contributed by atoms with E-state index < -0.39 is 0 Å². The SMILES string of the molecule is CC1=CC(=NNC(=O)c2ccc(NN=C3C=C(C)CC3)cc2)CC1. The lowest BCUT2D eigenvalue weighted by molar-refractivity contribution is 0.0955. The van der Waals surface area contributed by atoms with Crippen LogP contribution in [0.2, 0.25) is 0 Å². The molecule has 2 aliphatic carbocycles. The molecule has 1 aromatic rings. The first-order valence-electron chi connectivity index (χ1n) is 8.24. The van der Waals surface area contributed by atoms with E-state index in [0.717, 1.165) is 42.8 Å². The van der Waals surface area contributed by atoms with E-state index in [4.69, 9.17) is 0 Å². The molecule has 0 fully saturated rings. The molecule has 0 bridgehead atoms. The number of nitrogens with zero attached hydrogens (tertiary/aromatic N) is 2. The van der Waals surface area contributed by atoms with Crippen LogP contribution in [-0.4, -0.2) is 17.3 Å². The number of benzene rings is 1. The standard InChI is InChI=1S/C19H22N4O/c1-13-3-7-17(11-13)21-20-16-9-5-15(6-10-16)19(24)23-22-18-8-4-14(2)12-18/h5-6,9-12,20H,3-4,7-8H2,1-2H3,(H,23,24). The topological polar surface area (TPSA) is 65.8 Å². The molecule has 1 aromatic carbocycles. The van der Waals surface area contributed by atoms with Crippen LogP contribution >= 0.6 is 0 Å². The van der Waals surface area contributed by atoms with Crippen molar-refractivity contribution >= 4 is 23.0 Å². The number of carbonyl (C=O) groups excluding carboxylic acids is 1. The third-order valence-corrected chi connectivity index (χ3v) is 4.15. The predicted octanol–water partition coefficient (Wildman–Crippen LogP) is 4.02. The normalized spacial score (nSPS) is 20.2. The number of allylic oxidation sites excluding steroid dienone is 4. The summed E-state index contributed by atoms with van der Waals surface area (Å²) in [5, 5.41) is 8.54. The Morgan fingerprint density at radius 1 is 0.875 bits per heavy atom. The van der Waals surface area contributed by atoms with E-state index in [1.165, 1.54) is 11.1 Å². The van der Waals surface area contributed by atoms with E-state index in [9.17, 15) is 4.79 Å². The fourth-order valence-corrected chi connectivity index (χ4v) is 2.70. The minimum absolute atomic E-state index is 0.201. The molecule has 3 rings (SSSR count). The van der Waals surface area contributed by atoms with Gasteiger partial charge in [0.2, 0.25) is 0 Å². The van der Waals surface area contributed by atoms with Crippen molar-refractivity contribution in [3.05, 3.63) is 53.1 Å². The van der Waals surface area contributed by atoms with Crippen molar-refractivity contribution in [3.63, 3.8) is 0 Å². The number of hydrazone groups is 2. The predicted molar refractivity (Wildman–Crippen MR) is 98.4 cm³/mol. The molecule has 0 unspecified atom stereocenters. The number of rotatable bonds is 4. The molecule has 0 spiro atoms. The van der Waals surface area contributed by atoms with E-state index in [1.807, 2.05) is 18.2 Å². The first-order valence-corrected chi connectivity index (χ1v) is 8.24. The number of hydrogen-bond donors (Lipinski definition) is 2. The molecular weight excluding hydrogens is 300 g/mol. The van der Waals surface area contributed by atoms with Crippen LogP contribution in [0.5, 0.6) is 0 Å². The van der Waals surface area contributed by atoms with Gasteiger partial charge in [0, 0.05) is 5.56 Å². The summed E-state index contributed by atoms with van der Waals surface area (Å²) in [5.41, 5.74) is 11.7. The molecule has 0 atom stereocenters. The maximum absolute atomic E-state index is 12.1. The van der Waals surface area contributed by atoms with Gasteiger partial charge >= 0.3 is 0 Å². The van der Waals surface area contributed by atoms with Crippen LogP contribution in [0.3, 0.4) is 0 Å².